The number of nitrogens with two attached hydrogens (primary N) is 1. The molecule has 3 heteroatoms. The molecule has 2 rings (SSSR count). The molecule has 3 unspecified atom stereocenters. The first kappa shape index (κ1) is 14.3. The van der Waals surface area contributed by atoms with Gasteiger partial charge in [0.15, 0.2) is 0 Å². The highest BCUT2D eigenvalue weighted by atomic mass is 19.1. The van der Waals surface area contributed by atoms with Gasteiger partial charge in [-0.1, -0.05) is 19.9 Å². The van der Waals surface area contributed by atoms with E-state index in [-0.39, 0.29) is 5.82 Å². The second kappa shape index (κ2) is 5.91. The summed E-state index contributed by atoms with van der Waals surface area (Å²) in [6.45, 7) is 8.21. The number of piperidine rings is 1. The Balaban J connectivity index is 2.25. The Hall–Kier alpha value is -1.09. The molecule has 0 aliphatic carbocycles. The largest absolute Gasteiger partial charge is 0.366 e. The molecule has 1 aromatic carbocycles. The molecule has 106 valence electrons. The van der Waals surface area contributed by atoms with E-state index in [4.69, 9.17) is 5.73 Å². The monoisotopic (exact) mass is 264 g/mol. The van der Waals surface area contributed by atoms with Gasteiger partial charge in [-0.3, -0.25) is 0 Å². The van der Waals surface area contributed by atoms with Crippen LogP contribution in [0, 0.1) is 17.7 Å². The summed E-state index contributed by atoms with van der Waals surface area (Å²) >= 11 is 0. The first-order chi connectivity index (χ1) is 9.02. The van der Waals surface area contributed by atoms with Crippen molar-refractivity contribution < 1.29 is 4.39 Å². The lowest BCUT2D eigenvalue weighted by molar-refractivity contribution is 0.295. The molecule has 0 saturated carbocycles. The van der Waals surface area contributed by atoms with Crippen molar-refractivity contribution in [1.29, 1.82) is 0 Å². The van der Waals surface area contributed by atoms with E-state index in [1.165, 1.54) is 6.42 Å². The molecule has 0 spiro atoms. The van der Waals surface area contributed by atoms with E-state index in [1.54, 1.807) is 6.07 Å². The third kappa shape index (κ3) is 3.08. The molecule has 3 atom stereocenters. The second-order valence-electron chi connectivity index (χ2n) is 6.04. The zero-order valence-corrected chi connectivity index (χ0v) is 12.2. The minimum absolute atomic E-state index is 0.112. The summed E-state index contributed by atoms with van der Waals surface area (Å²) in [6.07, 6.45) is 1.96. The van der Waals surface area contributed by atoms with Gasteiger partial charge in [0.05, 0.1) is 5.69 Å². The van der Waals surface area contributed by atoms with Crippen molar-refractivity contribution in [3.63, 3.8) is 0 Å². The Bertz CT molecular complexity index is 433. The van der Waals surface area contributed by atoms with Gasteiger partial charge in [0, 0.05) is 12.6 Å². The minimum atomic E-state index is -0.112. The van der Waals surface area contributed by atoms with Gasteiger partial charge in [-0.25, -0.2) is 4.39 Å². The number of hydrogen-bond acceptors (Lipinski definition) is 2. The number of hydrogen-bond donors (Lipinski definition) is 1. The summed E-state index contributed by atoms with van der Waals surface area (Å²) in [5.41, 5.74) is 7.24. The van der Waals surface area contributed by atoms with Crippen LogP contribution in [0.3, 0.4) is 0 Å². The van der Waals surface area contributed by atoms with Gasteiger partial charge in [0.2, 0.25) is 0 Å². The highest BCUT2D eigenvalue weighted by molar-refractivity contribution is 5.50. The molecular weight excluding hydrogens is 239 g/mol. The van der Waals surface area contributed by atoms with Crippen molar-refractivity contribution in [2.75, 3.05) is 18.0 Å². The molecular formula is C16H25FN2. The third-order valence-electron chi connectivity index (χ3n) is 4.35. The molecule has 0 bridgehead atoms. The van der Waals surface area contributed by atoms with Crippen molar-refractivity contribution in [1.82, 2.24) is 0 Å². The Labute approximate surface area is 115 Å². The number of anilines is 1. The maximum Gasteiger partial charge on any atom is 0.146 e. The summed E-state index contributed by atoms with van der Waals surface area (Å²) in [7, 11) is 0. The van der Waals surface area contributed by atoms with Crippen LogP contribution in [-0.4, -0.2) is 19.1 Å². The quantitative estimate of drug-likeness (QED) is 0.908. The highest BCUT2D eigenvalue weighted by Gasteiger charge is 2.30. The van der Waals surface area contributed by atoms with E-state index in [0.717, 1.165) is 24.2 Å². The number of rotatable bonds is 3. The lowest BCUT2D eigenvalue weighted by atomic mass is 9.85. The van der Waals surface area contributed by atoms with Gasteiger partial charge < -0.3 is 10.6 Å². The van der Waals surface area contributed by atoms with Gasteiger partial charge in [-0.2, -0.15) is 0 Å². The zero-order valence-electron chi connectivity index (χ0n) is 12.2. The van der Waals surface area contributed by atoms with Gasteiger partial charge in [-0.15, -0.1) is 0 Å². The molecule has 1 saturated heterocycles. The zero-order chi connectivity index (χ0) is 14.0. The molecule has 1 aromatic rings. The smallest absolute Gasteiger partial charge is 0.146 e. The molecule has 1 aliphatic heterocycles. The van der Waals surface area contributed by atoms with E-state index < -0.39 is 0 Å². The van der Waals surface area contributed by atoms with Crippen molar-refractivity contribution >= 4 is 5.69 Å². The first-order valence-corrected chi connectivity index (χ1v) is 7.28. The Morgan fingerprint density at radius 3 is 2.68 bits per heavy atom. The molecule has 19 heavy (non-hydrogen) atoms. The average molecular weight is 264 g/mol. The van der Waals surface area contributed by atoms with E-state index in [2.05, 4.69) is 25.7 Å². The van der Waals surface area contributed by atoms with Crippen LogP contribution < -0.4 is 10.6 Å². The number of halogens is 1. The van der Waals surface area contributed by atoms with Crippen LogP contribution in [0.4, 0.5) is 10.1 Å². The second-order valence-corrected chi connectivity index (χ2v) is 6.04. The standard InChI is InChI=1S/C16H25FN2/c1-11-8-12(2)13(3)19(10-11)16-5-4-14(6-7-18)9-15(16)17/h4-5,9,11-13H,6-8,10,18H2,1-3H3. The highest BCUT2D eigenvalue weighted by Crippen LogP contribution is 2.32. The fourth-order valence-electron chi connectivity index (χ4n) is 3.14. The summed E-state index contributed by atoms with van der Waals surface area (Å²) in [6, 6.07) is 5.95. The fraction of sp³-hybridized carbons (Fsp3) is 0.625. The van der Waals surface area contributed by atoms with E-state index in [1.807, 2.05) is 12.1 Å². The van der Waals surface area contributed by atoms with Crippen LogP contribution in [0.25, 0.3) is 0 Å². The predicted octanol–water partition coefficient (Wildman–Crippen LogP) is 3.20. The molecule has 0 radical (unpaired) electrons. The summed E-state index contributed by atoms with van der Waals surface area (Å²) < 4.78 is 14.3. The molecule has 1 aliphatic rings. The molecule has 2 N–H and O–H groups in total. The van der Waals surface area contributed by atoms with Crippen molar-refractivity contribution in [2.24, 2.45) is 17.6 Å². The Kier molecular flexibility index (Phi) is 4.46. The summed E-state index contributed by atoms with van der Waals surface area (Å²) in [4.78, 5) is 2.22. The van der Waals surface area contributed by atoms with E-state index >= 15 is 0 Å². The third-order valence-corrected chi connectivity index (χ3v) is 4.35. The summed E-state index contributed by atoms with van der Waals surface area (Å²) in [5, 5.41) is 0. The maximum atomic E-state index is 14.3. The molecule has 2 nitrogen and oxygen atoms in total. The normalized spacial score (nSPS) is 27.6. The lowest BCUT2D eigenvalue weighted by Gasteiger charge is -2.42. The van der Waals surface area contributed by atoms with Gasteiger partial charge in [-0.05, 0) is 55.8 Å². The molecule has 0 aromatic heterocycles. The van der Waals surface area contributed by atoms with Crippen LogP contribution in [0.1, 0.15) is 32.8 Å². The number of benzene rings is 1. The first-order valence-electron chi connectivity index (χ1n) is 7.28. The van der Waals surface area contributed by atoms with Crippen LogP contribution >= 0.6 is 0 Å². The van der Waals surface area contributed by atoms with Crippen LogP contribution in [0.2, 0.25) is 0 Å². The van der Waals surface area contributed by atoms with E-state index in [9.17, 15) is 4.39 Å². The predicted molar refractivity (Wildman–Crippen MR) is 78.9 cm³/mol. The van der Waals surface area contributed by atoms with Crippen LogP contribution in [0.15, 0.2) is 18.2 Å². The molecule has 1 heterocycles. The Morgan fingerprint density at radius 1 is 1.32 bits per heavy atom. The van der Waals surface area contributed by atoms with Gasteiger partial charge in [0.25, 0.3) is 0 Å². The average Bonchev–Trinajstić information content (AvgIpc) is 2.35. The van der Waals surface area contributed by atoms with Crippen LogP contribution in [-0.2, 0) is 6.42 Å². The van der Waals surface area contributed by atoms with Gasteiger partial charge >= 0.3 is 0 Å². The molecule has 1 fully saturated rings. The molecule has 0 amide bonds. The SMILES string of the molecule is CC1CC(C)C(C)N(c2ccc(CCN)cc2F)C1. The van der Waals surface area contributed by atoms with Crippen LogP contribution in [0.5, 0.6) is 0 Å². The lowest BCUT2D eigenvalue weighted by Crippen LogP contribution is -2.46. The Morgan fingerprint density at radius 2 is 2.05 bits per heavy atom. The van der Waals surface area contributed by atoms with Crippen molar-refractivity contribution in [2.45, 2.75) is 39.7 Å². The fourth-order valence-corrected chi connectivity index (χ4v) is 3.14. The van der Waals surface area contributed by atoms with Crippen molar-refractivity contribution in [3.8, 4) is 0 Å². The number of nitrogens with zero attached hydrogens (tertiary/aromatic N) is 1. The maximum absolute atomic E-state index is 14.3. The van der Waals surface area contributed by atoms with Crippen molar-refractivity contribution in [3.05, 3.63) is 29.6 Å². The minimum Gasteiger partial charge on any atom is -0.366 e. The van der Waals surface area contributed by atoms with Gasteiger partial charge in [0.1, 0.15) is 5.82 Å². The summed E-state index contributed by atoms with van der Waals surface area (Å²) in [5.74, 6) is 1.11. The van der Waals surface area contributed by atoms with E-state index in [0.29, 0.717) is 24.4 Å². The topological polar surface area (TPSA) is 29.3 Å².